The van der Waals surface area contributed by atoms with E-state index in [0.717, 1.165) is 40.7 Å². The van der Waals surface area contributed by atoms with E-state index in [4.69, 9.17) is 4.74 Å². The highest BCUT2D eigenvalue weighted by Crippen LogP contribution is 2.32. The lowest BCUT2D eigenvalue weighted by molar-refractivity contribution is 0.290. The van der Waals surface area contributed by atoms with Crippen LogP contribution in [0.1, 0.15) is 17.5 Å². The maximum absolute atomic E-state index is 13.0. The van der Waals surface area contributed by atoms with E-state index in [1.807, 2.05) is 47.0 Å². The van der Waals surface area contributed by atoms with Crippen molar-refractivity contribution in [2.24, 2.45) is 0 Å². The molecule has 0 bridgehead atoms. The first-order valence-corrected chi connectivity index (χ1v) is 7.62. The second-order valence-corrected chi connectivity index (χ2v) is 5.76. The van der Waals surface area contributed by atoms with Crippen LogP contribution in [0.5, 0.6) is 5.75 Å². The lowest BCUT2D eigenvalue weighted by Crippen LogP contribution is -2.26. The zero-order valence-corrected chi connectivity index (χ0v) is 12.5. The third-order valence-electron chi connectivity index (χ3n) is 4.20. The highest BCUT2D eigenvalue weighted by molar-refractivity contribution is 5.88. The Bertz CT molecular complexity index is 910. The van der Waals surface area contributed by atoms with Gasteiger partial charge in [0.1, 0.15) is 5.75 Å². The van der Waals surface area contributed by atoms with Gasteiger partial charge >= 0.3 is 0 Å². The van der Waals surface area contributed by atoms with Gasteiger partial charge in [0, 0.05) is 11.1 Å². The standard InChI is InChI=1S/C19H17NO2/c1-13-9-10-17-16(12-13)18-15(8-5-11-22-18)19(21)20(17)14-6-3-2-4-7-14/h2-4,6-7,9-10,12H,5,8,11H2,1H3. The summed E-state index contributed by atoms with van der Waals surface area (Å²) >= 11 is 0. The SMILES string of the molecule is Cc1ccc2c(c1)c1c(c(=O)n2-c2ccccc2)CCCO1. The number of pyridine rings is 1. The smallest absolute Gasteiger partial charge is 0.262 e. The molecule has 0 aliphatic carbocycles. The first-order chi connectivity index (χ1) is 10.8. The summed E-state index contributed by atoms with van der Waals surface area (Å²) in [5.74, 6) is 0.780. The summed E-state index contributed by atoms with van der Waals surface area (Å²) in [5.41, 5.74) is 3.81. The topological polar surface area (TPSA) is 31.2 Å². The first kappa shape index (κ1) is 13.1. The summed E-state index contributed by atoms with van der Waals surface area (Å²) in [6.07, 6.45) is 1.68. The lowest BCUT2D eigenvalue weighted by Gasteiger charge is -2.22. The minimum Gasteiger partial charge on any atom is -0.492 e. The molecule has 3 nitrogen and oxygen atoms in total. The second kappa shape index (κ2) is 5.02. The molecule has 0 saturated heterocycles. The number of nitrogens with zero attached hydrogens (tertiary/aromatic N) is 1. The van der Waals surface area contributed by atoms with E-state index in [9.17, 15) is 4.79 Å². The molecule has 3 aromatic rings. The minimum absolute atomic E-state index is 0.0391. The Morgan fingerprint density at radius 1 is 1.09 bits per heavy atom. The average Bonchev–Trinajstić information content (AvgIpc) is 2.57. The number of rotatable bonds is 1. The highest BCUT2D eigenvalue weighted by Gasteiger charge is 2.21. The summed E-state index contributed by atoms with van der Waals surface area (Å²) in [7, 11) is 0. The van der Waals surface area contributed by atoms with Crippen LogP contribution in [0.15, 0.2) is 53.3 Å². The van der Waals surface area contributed by atoms with Crippen LogP contribution in [0.3, 0.4) is 0 Å². The van der Waals surface area contributed by atoms with Crippen LogP contribution in [-0.4, -0.2) is 11.2 Å². The zero-order valence-electron chi connectivity index (χ0n) is 12.5. The van der Waals surface area contributed by atoms with Gasteiger partial charge in [-0.2, -0.15) is 0 Å². The van der Waals surface area contributed by atoms with Crippen molar-refractivity contribution in [1.29, 1.82) is 0 Å². The van der Waals surface area contributed by atoms with Gasteiger partial charge in [0.25, 0.3) is 5.56 Å². The number of hydrogen-bond donors (Lipinski definition) is 0. The molecule has 0 amide bonds. The molecule has 22 heavy (non-hydrogen) atoms. The van der Waals surface area contributed by atoms with E-state index in [0.29, 0.717) is 6.61 Å². The molecule has 1 aromatic heterocycles. The molecule has 0 radical (unpaired) electrons. The maximum atomic E-state index is 13.0. The minimum atomic E-state index is 0.0391. The second-order valence-electron chi connectivity index (χ2n) is 5.76. The van der Waals surface area contributed by atoms with Crippen LogP contribution in [0.25, 0.3) is 16.6 Å². The third-order valence-corrected chi connectivity index (χ3v) is 4.20. The van der Waals surface area contributed by atoms with Crippen LogP contribution in [0.4, 0.5) is 0 Å². The number of aryl methyl sites for hydroxylation is 1. The van der Waals surface area contributed by atoms with Crippen LogP contribution >= 0.6 is 0 Å². The Morgan fingerprint density at radius 3 is 2.73 bits per heavy atom. The Balaban J connectivity index is 2.17. The molecule has 0 fully saturated rings. The van der Waals surface area contributed by atoms with Gasteiger partial charge in [-0.1, -0.05) is 29.8 Å². The van der Waals surface area contributed by atoms with Crippen molar-refractivity contribution in [3.8, 4) is 11.4 Å². The first-order valence-electron chi connectivity index (χ1n) is 7.62. The molecule has 0 unspecified atom stereocenters. The summed E-state index contributed by atoms with van der Waals surface area (Å²) < 4.78 is 7.66. The van der Waals surface area contributed by atoms with E-state index >= 15 is 0 Å². The van der Waals surface area contributed by atoms with E-state index in [-0.39, 0.29) is 5.56 Å². The summed E-state index contributed by atoms with van der Waals surface area (Å²) in [4.78, 5) is 13.0. The molecule has 2 aromatic carbocycles. The predicted octanol–water partition coefficient (Wildman–Crippen LogP) is 3.62. The van der Waals surface area contributed by atoms with Crippen molar-refractivity contribution in [3.63, 3.8) is 0 Å². The van der Waals surface area contributed by atoms with Crippen molar-refractivity contribution in [3.05, 3.63) is 70.0 Å². The molecular weight excluding hydrogens is 274 g/mol. The van der Waals surface area contributed by atoms with Gasteiger partial charge in [0.15, 0.2) is 0 Å². The number of hydrogen-bond acceptors (Lipinski definition) is 2. The van der Waals surface area contributed by atoms with Gasteiger partial charge in [-0.3, -0.25) is 9.36 Å². The van der Waals surface area contributed by atoms with E-state index in [1.54, 1.807) is 0 Å². The molecule has 110 valence electrons. The van der Waals surface area contributed by atoms with Gasteiger partial charge in [-0.05, 0) is 44.0 Å². The Kier molecular flexibility index (Phi) is 3.00. The number of ether oxygens (including phenoxy) is 1. The van der Waals surface area contributed by atoms with E-state index < -0.39 is 0 Å². The maximum Gasteiger partial charge on any atom is 0.262 e. The fourth-order valence-corrected chi connectivity index (χ4v) is 3.17. The summed E-state index contributed by atoms with van der Waals surface area (Å²) in [6.45, 7) is 2.75. The quantitative estimate of drug-likeness (QED) is 0.685. The summed E-state index contributed by atoms with van der Waals surface area (Å²) in [6, 6.07) is 16.0. The molecule has 0 saturated carbocycles. The number of para-hydroxylation sites is 1. The van der Waals surface area contributed by atoms with Gasteiger partial charge < -0.3 is 4.74 Å². The normalized spacial score (nSPS) is 13.7. The molecule has 3 heteroatoms. The van der Waals surface area contributed by atoms with Crippen molar-refractivity contribution >= 4 is 10.9 Å². The number of benzene rings is 2. The Hall–Kier alpha value is -2.55. The van der Waals surface area contributed by atoms with Crippen molar-refractivity contribution in [2.75, 3.05) is 6.61 Å². The van der Waals surface area contributed by atoms with Crippen LogP contribution < -0.4 is 10.3 Å². The van der Waals surface area contributed by atoms with Gasteiger partial charge in [0.05, 0.1) is 17.7 Å². The molecule has 4 rings (SSSR count). The zero-order chi connectivity index (χ0) is 15.1. The molecule has 1 aliphatic rings. The molecule has 0 atom stereocenters. The van der Waals surface area contributed by atoms with E-state index in [1.165, 1.54) is 5.56 Å². The van der Waals surface area contributed by atoms with Gasteiger partial charge in [-0.25, -0.2) is 0 Å². The molecule has 2 heterocycles. The van der Waals surface area contributed by atoms with Crippen LogP contribution in [0, 0.1) is 6.92 Å². The largest absolute Gasteiger partial charge is 0.492 e. The van der Waals surface area contributed by atoms with Crippen molar-refractivity contribution in [2.45, 2.75) is 19.8 Å². The molecule has 0 spiro atoms. The average molecular weight is 291 g/mol. The number of aromatic nitrogens is 1. The number of fused-ring (bicyclic) bond motifs is 3. The lowest BCUT2D eigenvalue weighted by atomic mass is 10.0. The van der Waals surface area contributed by atoms with E-state index in [2.05, 4.69) is 13.0 Å². The van der Waals surface area contributed by atoms with Crippen LogP contribution in [0.2, 0.25) is 0 Å². The molecule has 1 aliphatic heterocycles. The van der Waals surface area contributed by atoms with Crippen molar-refractivity contribution < 1.29 is 4.74 Å². The highest BCUT2D eigenvalue weighted by atomic mass is 16.5. The van der Waals surface area contributed by atoms with Crippen molar-refractivity contribution in [1.82, 2.24) is 4.57 Å². The van der Waals surface area contributed by atoms with Gasteiger partial charge in [0.2, 0.25) is 0 Å². The predicted molar refractivity (Wildman–Crippen MR) is 88.1 cm³/mol. The summed E-state index contributed by atoms with van der Waals surface area (Å²) in [5, 5.41) is 1.03. The monoisotopic (exact) mass is 291 g/mol. The fraction of sp³-hybridized carbons (Fsp3) is 0.211. The fourth-order valence-electron chi connectivity index (χ4n) is 3.17. The Labute approximate surface area is 128 Å². The molecule has 0 N–H and O–H groups in total. The third kappa shape index (κ3) is 1.93. The van der Waals surface area contributed by atoms with Crippen LogP contribution in [-0.2, 0) is 6.42 Å². The Morgan fingerprint density at radius 2 is 1.91 bits per heavy atom. The van der Waals surface area contributed by atoms with Gasteiger partial charge in [-0.15, -0.1) is 0 Å². The molecular formula is C19H17NO2.